The summed E-state index contributed by atoms with van der Waals surface area (Å²) in [6.45, 7) is 1.44. The van der Waals surface area contributed by atoms with Gasteiger partial charge in [0.15, 0.2) is 0 Å². The Hall–Kier alpha value is -1.31. The molecule has 102 valence electrons. The van der Waals surface area contributed by atoms with E-state index >= 15 is 0 Å². The normalized spacial score (nSPS) is 13.1. The van der Waals surface area contributed by atoms with E-state index in [1.807, 2.05) is 0 Å². The van der Waals surface area contributed by atoms with Crippen molar-refractivity contribution in [2.45, 2.75) is 17.9 Å². The molecule has 0 radical (unpaired) electrons. The van der Waals surface area contributed by atoms with E-state index in [2.05, 4.69) is 4.72 Å². The zero-order chi connectivity index (χ0) is 13.8. The second-order valence-corrected chi connectivity index (χ2v) is 5.45. The van der Waals surface area contributed by atoms with Crippen LogP contribution in [0.2, 0.25) is 0 Å². The van der Waals surface area contributed by atoms with E-state index in [-0.39, 0.29) is 17.2 Å². The molecule has 0 saturated carbocycles. The molecule has 1 aromatic rings. The molecule has 2 N–H and O–H groups in total. The first-order valence-corrected chi connectivity index (χ1v) is 6.78. The van der Waals surface area contributed by atoms with Gasteiger partial charge in [0.1, 0.15) is 16.4 Å². The second kappa shape index (κ2) is 6.03. The number of aliphatic hydroxyl groups is 1. The number of ether oxygens (including phenoxy) is 2. The molecule has 0 fully saturated rings. The fourth-order valence-electron chi connectivity index (χ4n) is 1.30. The van der Waals surface area contributed by atoms with Crippen LogP contribution in [-0.4, -0.2) is 40.4 Å². The molecule has 1 atom stereocenters. The van der Waals surface area contributed by atoms with Gasteiger partial charge >= 0.3 is 0 Å². The smallest absolute Gasteiger partial charge is 0.244 e. The van der Waals surface area contributed by atoms with Gasteiger partial charge in [0.25, 0.3) is 0 Å². The number of nitrogens with one attached hydrogen (secondary N) is 1. The number of aliphatic hydroxyl groups excluding tert-OH is 1. The van der Waals surface area contributed by atoms with Crippen LogP contribution in [0.15, 0.2) is 23.1 Å². The first-order valence-electron chi connectivity index (χ1n) is 5.30. The van der Waals surface area contributed by atoms with E-state index in [9.17, 15) is 8.42 Å². The molecule has 0 heterocycles. The summed E-state index contributed by atoms with van der Waals surface area (Å²) in [5.41, 5.74) is 0. The minimum Gasteiger partial charge on any atom is -0.497 e. The standard InChI is InChI=1S/C11H17NO5S/c1-8(13)7-12-18(14,15)11-5-4-9(16-2)6-10(11)17-3/h4-6,8,12-13H,7H2,1-3H3/t8-/m1/s1. The lowest BCUT2D eigenvalue weighted by Gasteiger charge is -2.12. The summed E-state index contributed by atoms with van der Waals surface area (Å²) in [6, 6.07) is 4.40. The third-order valence-corrected chi connectivity index (χ3v) is 3.69. The lowest BCUT2D eigenvalue weighted by atomic mass is 10.3. The average molecular weight is 275 g/mol. The van der Waals surface area contributed by atoms with Gasteiger partial charge in [0.05, 0.1) is 20.3 Å². The summed E-state index contributed by atoms with van der Waals surface area (Å²) >= 11 is 0. The van der Waals surface area contributed by atoms with E-state index in [0.29, 0.717) is 5.75 Å². The Morgan fingerprint density at radius 2 is 2.00 bits per heavy atom. The highest BCUT2D eigenvalue weighted by atomic mass is 32.2. The lowest BCUT2D eigenvalue weighted by Crippen LogP contribution is -2.30. The van der Waals surface area contributed by atoms with Crippen molar-refractivity contribution in [2.75, 3.05) is 20.8 Å². The van der Waals surface area contributed by atoms with Crippen LogP contribution < -0.4 is 14.2 Å². The van der Waals surface area contributed by atoms with Gasteiger partial charge < -0.3 is 14.6 Å². The zero-order valence-electron chi connectivity index (χ0n) is 10.5. The summed E-state index contributed by atoms with van der Waals surface area (Å²) < 4.78 is 36.2. The van der Waals surface area contributed by atoms with Crippen LogP contribution in [0.3, 0.4) is 0 Å². The Morgan fingerprint density at radius 1 is 1.33 bits per heavy atom. The summed E-state index contributed by atoms with van der Waals surface area (Å²) in [5, 5.41) is 9.09. The molecule has 0 spiro atoms. The molecule has 0 bridgehead atoms. The van der Waals surface area contributed by atoms with Crippen LogP contribution in [0.4, 0.5) is 0 Å². The molecule has 0 aromatic heterocycles. The largest absolute Gasteiger partial charge is 0.497 e. The first-order chi connectivity index (χ1) is 8.40. The van der Waals surface area contributed by atoms with Crippen molar-refractivity contribution in [3.63, 3.8) is 0 Å². The van der Waals surface area contributed by atoms with Crippen molar-refractivity contribution in [1.82, 2.24) is 4.72 Å². The Morgan fingerprint density at radius 3 is 2.50 bits per heavy atom. The maximum absolute atomic E-state index is 12.0. The number of hydrogen-bond acceptors (Lipinski definition) is 5. The molecule has 6 nitrogen and oxygen atoms in total. The van der Waals surface area contributed by atoms with Gasteiger partial charge in [-0.05, 0) is 19.1 Å². The van der Waals surface area contributed by atoms with Gasteiger partial charge in [-0.1, -0.05) is 0 Å². The van der Waals surface area contributed by atoms with E-state index in [0.717, 1.165) is 0 Å². The van der Waals surface area contributed by atoms with Crippen molar-refractivity contribution in [1.29, 1.82) is 0 Å². The van der Waals surface area contributed by atoms with Crippen molar-refractivity contribution >= 4 is 10.0 Å². The highest BCUT2D eigenvalue weighted by molar-refractivity contribution is 7.89. The van der Waals surface area contributed by atoms with Gasteiger partial charge in [-0.15, -0.1) is 0 Å². The number of benzene rings is 1. The van der Waals surface area contributed by atoms with Crippen molar-refractivity contribution in [3.05, 3.63) is 18.2 Å². The van der Waals surface area contributed by atoms with Gasteiger partial charge in [-0.25, -0.2) is 13.1 Å². The van der Waals surface area contributed by atoms with Gasteiger partial charge in [-0.2, -0.15) is 0 Å². The Bertz CT molecular complexity index is 498. The summed E-state index contributed by atoms with van der Waals surface area (Å²) in [6.07, 6.45) is -0.760. The van der Waals surface area contributed by atoms with Gasteiger partial charge in [0, 0.05) is 12.6 Å². The topological polar surface area (TPSA) is 84.9 Å². The van der Waals surface area contributed by atoms with Crippen LogP contribution in [0.5, 0.6) is 11.5 Å². The predicted molar refractivity (Wildman–Crippen MR) is 66.4 cm³/mol. The molecule has 0 aliphatic carbocycles. The fourth-order valence-corrected chi connectivity index (χ4v) is 2.58. The minimum atomic E-state index is -3.71. The third kappa shape index (κ3) is 3.59. The molecule has 1 aromatic carbocycles. The molecular formula is C11H17NO5S. The van der Waals surface area contributed by atoms with Crippen LogP contribution >= 0.6 is 0 Å². The third-order valence-electron chi connectivity index (χ3n) is 2.23. The van der Waals surface area contributed by atoms with Crippen LogP contribution in [0.25, 0.3) is 0 Å². The highest BCUT2D eigenvalue weighted by Crippen LogP contribution is 2.28. The molecular weight excluding hydrogens is 258 g/mol. The molecule has 0 unspecified atom stereocenters. The Kier molecular flexibility index (Phi) is 4.94. The number of hydrogen-bond donors (Lipinski definition) is 2. The second-order valence-electron chi connectivity index (χ2n) is 3.72. The Labute approximate surface area is 107 Å². The molecule has 0 aliphatic rings. The quantitative estimate of drug-likeness (QED) is 0.783. The van der Waals surface area contributed by atoms with Crippen molar-refractivity contribution < 1.29 is 23.0 Å². The summed E-state index contributed by atoms with van der Waals surface area (Å²) in [7, 11) is -0.855. The molecule has 0 amide bonds. The van der Waals surface area contributed by atoms with Crippen LogP contribution in [0.1, 0.15) is 6.92 Å². The fraction of sp³-hybridized carbons (Fsp3) is 0.455. The van der Waals surface area contributed by atoms with Gasteiger partial charge in [-0.3, -0.25) is 0 Å². The number of methoxy groups -OCH3 is 2. The molecule has 7 heteroatoms. The predicted octanol–water partition coefficient (Wildman–Crippen LogP) is 0.363. The highest BCUT2D eigenvalue weighted by Gasteiger charge is 2.20. The minimum absolute atomic E-state index is 0.00597. The molecule has 1 rings (SSSR count). The summed E-state index contributed by atoms with van der Waals surface area (Å²) in [5.74, 6) is 0.689. The maximum Gasteiger partial charge on any atom is 0.244 e. The number of rotatable bonds is 6. The van der Waals surface area contributed by atoms with Crippen molar-refractivity contribution in [2.24, 2.45) is 0 Å². The molecule has 18 heavy (non-hydrogen) atoms. The SMILES string of the molecule is COc1ccc(S(=O)(=O)NC[C@@H](C)O)c(OC)c1. The van der Waals surface area contributed by atoms with Gasteiger partial charge in [0.2, 0.25) is 10.0 Å². The Balaban J connectivity index is 3.08. The van der Waals surface area contributed by atoms with E-state index < -0.39 is 16.1 Å². The van der Waals surface area contributed by atoms with E-state index in [1.165, 1.54) is 39.3 Å². The van der Waals surface area contributed by atoms with E-state index in [4.69, 9.17) is 14.6 Å². The maximum atomic E-state index is 12.0. The molecule has 0 saturated heterocycles. The average Bonchev–Trinajstić information content (AvgIpc) is 2.35. The van der Waals surface area contributed by atoms with Crippen LogP contribution in [0, 0.1) is 0 Å². The monoisotopic (exact) mass is 275 g/mol. The first kappa shape index (κ1) is 14.7. The number of sulfonamides is 1. The van der Waals surface area contributed by atoms with Crippen molar-refractivity contribution in [3.8, 4) is 11.5 Å². The van der Waals surface area contributed by atoms with E-state index in [1.54, 1.807) is 0 Å². The molecule has 0 aliphatic heterocycles. The van der Waals surface area contributed by atoms with Crippen LogP contribution in [-0.2, 0) is 10.0 Å². The summed E-state index contributed by atoms with van der Waals surface area (Å²) in [4.78, 5) is 0.00597. The lowest BCUT2D eigenvalue weighted by molar-refractivity contribution is 0.198. The zero-order valence-corrected chi connectivity index (χ0v) is 11.3.